The van der Waals surface area contributed by atoms with Crippen molar-refractivity contribution in [2.24, 2.45) is 0 Å². The number of hydrogen-bond acceptors (Lipinski definition) is 4. The van der Waals surface area contributed by atoms with E-state index in [1.54, 1.807) is 7.11 Å². The lowest BCUT2D eigenvalue weighted by molar-refractivity contribution is 0.415. The number of thioether (sulfide) groups is 2. The molecule has 0 aromatic heterocycles. The zero-order valence-electron chi connectivity index (χ0n) is 8.10. The summed E-state index contributed by atoms with van der Waals surface area (Å²) >= 11 is 3.93. The lowest BCUT2D eigenvalue weighted by Gasteiger charge is -2.27. The SMILES string of the molecule is COc1ccc(N2CSCSC2)cc1. The van der Waals surface area contributed by atoms with Gasteiger partial charge in [0.25, 0.3) is 0 Å². The monoisotopic (exact) mass is 227 g/mol. The van der Waals surface area contributed by atoms with Gasteiger partial charge in [-0.05, 0) is 24.3 Å². The molecule has 0 spiro atoms. The Hall–Kier alpha value is -0.480. The van der Waals surface area contributed by atoms with Crippen LogP contribution in [0.2, 0.25) is 0 Å². The van der Waals surface area contributed by atoms with Gasteiger partial charge in [-0.25, -0.2) is 0 Å². The summed E-state index contributed by atoms with van der Waals surface area (Å²) in [5.41, 5.74) is 1.28. The molecule has 4 heteroatoms. The van der Waals surface area contributed by atoms with Gasteiger partial charge in [-0.2, -0.15) is 0 Å². The maximum atomic E-state index is 5.13. The summed E-state index contributed by atoms with van der Waals surface area (Å²) in [6, 6.07) is 8.26. The minimum atomic E-state index is 0.922. The summed E-state index contributed by atoms with van der Waals surface area (Å²) in [6.07, 6.45) is 0. The molecule has 0 radical (unpaired) electrons. The van der Waals surface area contributed by atoms with Gasteiger partial charge in [-0.1, -0.05) is 0 Å². The van der Waals surface area contributed by atoms with Crippen LogP contribution in [-0.2, 0) is 0 Å². The van der Waals surface area contributed by atoms with E-state index in [1.807, 2.05) is 35.7 Å². The molecule has 1 aliphatic heterocycles. The molecule has 0 atom stereocenters. The zero-order valence-corrected chi connectivity index (χ0v) is 9.74. The van der Waals surface area contributed by atoms with Gasteiger partial charge in [0.15, 0.2) is 0 Å². The Morgan fingerprint density at radius 3 is 2.36 bits per heavy atom. The molecular weight excluding hydrogens is 214 g/mol. The zero-order chi connectivity index (χ0) is 9.80. The molecule has 0 N–H and O–H groups in total. The van der Waals surface area contributed by atoms with Crippen LogP contribution in [0.25, 0.3) is 0 Å². The summed E-state index contributed by atoms with van der Waals surface area (Å²) in [7, 11) is 1.70. The summed E-state index contributed by atoms with van der Waals surface area (Å²) in [5, 5.41) is 1.21. The summed E-state index contributed by atoms with van der Waals surface area (Å²) in [4.78, 5) is 2.37. The predicted molar refractivity (Wildman–Crippen MR) is 65.3 cm³/mol. The molecular formula is C10H13NOS2. The number of benzene rings is 1. The molecule has 1 aromatic carbocycles. The quantitative estimate of drug-likeness (QED) is 0.770. The van der Waals surface area contributed by atoms with Crippen molar-refractivity contribution in [1.82, 2.24) is 0 Å². The number of nitrogens with zero attached hydrogens (tertiary/aromatic N) is 1. The van der Waals surface area contributed by atoms with E-state index >= 15 is 0 Å². The Kier molecular flexibility index (Phi) is 3.48. The van der Waals surface area contributed by atoms with Gasteiger partial charge in [0, 0.05) is 10.8 Å². The second kappa shape index (κ2) is 4.84. The first-order valence-electron chi connectivity index (χ1n) is 4.44. The van der Waals surface area contributed by atoms with Crippen molar-refractivity contribution in [1.29, 1.82) is 0 Å². The number of rotatable bonds is 2. The number of hydrogen-bond donors (Lipinski definition) is 0. The van der Waals surface area contributed by atoms with Crippen molar-refractivity contribution < 1.29 is 4.74 Å². The highest BCUT2D eigenvalue weighted by atomic mass is 32.2. The molecule has 14 heavy (non-hydrogen) atoms. The Balaban J connectivity index is 2.07. The standard InChI is InChI=1S/C10H13NOS2/c1-12-10-4-2-9(3-5-10)11-6-13-8-14-7-11/h2-5H,6-8H2,1H3. The fraction of sp³-hybridized carbons (Fsp3) is 0.400. The Labute approximate surface area is 93.0 Å². The normalized spacial score (nSPS) is 16.8. The van der Waals surface area contributed by atoms with Crippen LogP contribution in [0.3, 0.4) is 0 Å². The minimum absolute atomic E-state index is 0.922. The molecule has 76 valence electrons. The van der Waals surface area contributed by atoms with Crippen molar-refractivity contribution >= 4 is 29.2 Å². The van der Waals surface area contributed by atoms with Gasteiger partial charge < -0.3 is 9.64 Å². The fourth-order valence-electron chi connectivity index (χ4n) is 1.33. The highest BCUT2D eigenvalue weighted by molar-refractivity contribution is 8.16. The van der Waals surface area contributed by atoms with Gasteiger partial charge in [-0.15, -0.1) is 23.5 Å². The Bertz CT molecular complexity index is 283. The van der Waals surface area contributed by atoms with Crippen molar-refractivity contribution in [2.75, 3.05) is 28.8 Å². The molecule has 1 heterocycles. The van der Waals surface area contributed by atoms with Crippen molar-refractivity contribution in [3.8, 4) is 5.75 Å². The molecule has 2 rings (SSSR count). The highest BCUT2D eigenvalue weighted by Gasteiger charge is 2.10. The predicted octanol–water partition coefficient (Wildman–Crippen LogP) is 2.85. The summed E-state index contributed by atoms with van der Waals surface area (Å²) in [5.74, 6) is 3.12. The van der Waals surface area contributed by atoms with Gasteiger partial charge in [0.2, 0.25) is 0 Å². The van der Waals surface area contributed by atoms with Gasteiger partial charge in [0.05, 0.1) is 18.9 Å². The van der Waals surface area contributed by atoms with E-state index in [0.717, 1.165) is 17.5 Å². The van der Waals surface area contributed by atoms with Crippen molar-refractivity contribution in [3.05, 3.63) is 24.3 Å². The summed E-state index contributed by atoms with van der Waals surface area (Å²) < 4.78 is 5.13. The topological polar surface area (TPSA) is 12.5 Å². The van der Waals surface area contributed by atoms with Crippen LogP contribution in [-0.4, -0.2) is 23.9 Å². The number of anilines is 1. The van der Waals surface area contributed by atoms with E-state index in [4.69, 9.17) is 4.74 Å². The third-order valence-electron chi connectivity index (χ3n) is 2.10. The molecule has 0 aliphatic carbocycles. The van der Waals surface area contributed by atoms with Crippen LogP contribution >= 0.6 is 23.5 Å². The van der Waals surface area contributed by atoms with Crippen molar-refractivity contribution in [3.63, 3.8) is 0 Å². The third kappa shape index (κ3) is 2.30. The first kappa shape index (κ1) is 10.1. The van der Waals surface area contributed by atoms with E-state index in [9.17, 15) is 0 Å². The lowest BCUT2D eigenvalue weighted by Crippen LogP contribution is -2.25. The first-order valence-corrected chi connectivity index (χ1v) is 6.75. The molecule has 0 amide bonds. The Morgan fingerprint density at radius 1 is 1.14 bits per heavy atom. The molecule has 0 saturated carbocycles. The van der Waals surface area contributed by atoms with Gasteiger partial charge in [-0.3, -0.25) is 0 Å². The molecule has 0 bridgehead atoms. The van der Waals surface area contributed by atoms with E-state index < -0.39 is 0 Å². The van der Waals surface area contributed by atoms with E-state index in [-0.39, 0.29) is 0 Å². The second-order valence-corrected chi connectivity index (χ2v) is 5.30. The van der Waals surface area contributed by atoms with E-state index in [0.29, 0.717) is 0 Å². The van der Waals surface area contributed by atoms with Crippen LogP contribution < -0.4 is 9.64 Å². The first-order chi connectivity index (χ1) is 6.90. The average molecular weight is 227 g/mol. The Morgan fingerprint density at radius 2 is 1.79 bits per heavy atom. The van der Waals surface area contributed by atoms with Crippen LogP contribution in [0.1, 0.15) is 0 Å². The lowest BCUT2D eigenvalue weighted by atomic mass is 10.3. The maximum Gasteiger partial charge on any atom is 0.119 e. The van der Waals surface area contributed by atoms with Crippen LogP contribution in [0, 0.1) is 0 Å². The molecule has 1 aliphatic rings. The van der Waals surface area contributed by atoms with E-state index in [1.165, 1.54) is 10.8 Å². The fourth-order valence-corrected chi connectivity index (χ4v) is 3.44. The molecule has 1 saturated heterocycles. The smallest absolute Gasteiger partial charge is 0.119 e. The van der Waals surface area contributed by atoms with Crippen LogP contribution in [0.5, 0.6) is 5.75 Å². The summed E-state index contributed by atoms with van der Waals surface area (Å²) in [6.45, 7) is 0. The second-order valence-electron chi connectivity index (χ2n) is 3.02. The van der Waals surface area contributed by atoms with Crippen LogP contribution in [0.4, 0.5) is 5.69 Å². The van der Waals surface area contributed by atoms with Crippen molar-refractivity contribution in [2.45, 2.75) is 0 Å². The molecule has 2 nitrogen and oxygen atoms in total. The third-order valence-corrected chi connectivity index (χ3v) is 4.42. The largest absolute Gasteiger partial charge is 0.497 e. The van der Waals surface area contributed by atoms with E-state index in [2.05, 4.69) is 17.0 Å². The molecule has 1 aromatic rings. The van der Waals surface area contributed by atoms with Crippen LogP contribution in [0.15, 0.2) is 24.3 Å². The molecule has 1 fully saturated rings. The minimum Gasteiger partial charge on any atom is -0.497 e. The molecule has 0 unspecified atom stereocenters. The maximum absolute atomic E-state index is 5.13. The van der Waals surface area contributed by atoms with Gasteiger partial charge in [0.1, 0.15) is 5.75 Å². The van der Waals surface area contributed by atoms with Gasteiger partial charge >= 0.3 is 0 Å². The average Bonchev–Trinajstić information content (AvgIpc) is 2.30. The number of methoxy groups -OCH3 is 1. The number of ether oxygens (including phenoxy) is 1. The highest BCUT2D eigenvalue weighted by Crippen LogP contribution is 2.28.